The molecular formula is C15H15ClO2. The summed E-state index contributed by atoms with van der Waals surface area (Å²) in [4.78, 5) is 0. The molecule has 0 heterocycles. The van der Waals surface area contributed by atoms with Crippen LogP contribution in [0.15, 0.2) is 42.5 Å². The largest absolute Gasteiger partial charge is 0.493 e. The Hall–Kier alpha value is -1.67. The zero-order chi connectivity index (χ0) is 13.0. The van der Waals surface area contributed by atoms with Crippen molar-refractivity contribution in [3.63, 3.8) is 0 Å². The van der Waals surface area contributed by atoms with Crippen molar-refractivity contribution in [3.05, 3.63) is 53.6 Å². The van der Waals surface area contributed by atoms with Crippen LogP contribution in [0.1, 0.15) is 11.1 Å². The highest BCUT2D eigenvalue weighted by atomic mass is 35.5. The fraction of sp³-hybridized carbons (Fsp3) is 0.200. The van der Waals surface area contributed by atoms with Gasteiger partial charge in [0, 0.05) is 5.88 Å². The highest BCUT2D eigenvalue weighted by molar-refractivity contribution is 6.17. The third-order valence-electron chi connectivity index (χ3n) is 2.68. The number of alkyl halides is 1. The molecule has 0 radical (unpaired) electrons. The van der Waals surface area contributed by atoms with E-state index in [2.05, 4.69) is 0 Å². The molecule has 2 rings (SSSR count). The number of benzene rings is 2. The molecule has 0 fully saturated rings. The molecule has 3 heteroatoms. The number of hydrogen-bond donors (Lipinski definition) is 0. The van der Waals surface area contributed by atoms with Gasteiger partial charge in [-0.25, -0.2) is 0 Å². The first-order chi connectivity index (χ1) is 8.74. The van der Waals surface area contributed by atoms with Crippen molar-refractivity contribution in [1.29, 1.82) is 0 Å². The standard InChI is InChI=1S/C15H15ClO2/c1-11-9-12(10-16)7-8-13(11)18-15-6-4-3-5-14(15)17-2/h3-9H,10H2,1-2H3. The summed E-state index contributed by atoms with van der Waals surface area (Å²) in [5.41, 5.74) is 2.14. The van der Waals surface area contributed by atoms with Gasteiger partial charge in [0.25, 0.3) is 0 Å². The summed E-state index contributed by atoms with van der Waals surface area (Å²) in [5, 5.41) is 0. The molecule has 2 aromatic carbocycles. The van der Waals surface area contributed by atoms with E-state index in [1.54, 1.807) is 7.11 Å². The number of halogens is 1. The van der Waals surface area contributed by atoms with Crippen LogP contribution in [-0.4, -0.2) is 7.11 Å². The Morgan fingerprint density at radius 1 is 1.00 bits per heavy atom. The van der Waals surface area contributed by atoms with Crippen molar-refractivity contribution in [2.75, 3.05) is 7.11 Å². The Morgan fingerprint density at radius 3 is 2.33 bits per heavy atom. The summed E-state index contributed by atoms with van der Waals surface area (Å²) in [6.07, 6.45) is 0. The van der Waals surface area contributed by atoms with E-state index in [4.69, 9.17) is 21.1 Å². The van der Waals surface area contributed by atoms with E-state index >= 15 is 0 Å². The molecule has 0 aromatic heterocycles. The first-order valence-corrected chi connectivity index (χ1v) is 6.24. The number of para-hydroxylation sites is 2. The molecular weight excluding hydrogens is 248 g/mol. The molecule has 0 N–H and O–H groups in total. The van der Waals surface area contributed by atoms with E-state index in [1.165, 1.54) is 0 Å². The van der Waals surface area contributed by atoms with Crippen molar-refractivity contribution in [3.8, 4) is 17.2 Å². The Bertz CT molecular complexity index is 538. The van der Waals surface area contributed by atoms with Gasteiger partial charge in [-0.3, -0.25) is 0 Å². The van der Waals surface area contributed by atoms with E-state index < -0.39 is 0 Å². The lowest BCUT2D eigenvalue weighted by molar-refractivity contribution is 0.378. The normalized spacial score (nSPS) is 10.2. The van der Waals surface area contributed by atoms with Gasteiger partial charge in [-0.15, -0.1) is 11.6 Å². The van der Waals surface area contributed by atoms with E-state index in [1.807, 2.05) is 49.4 Å². The maximum Gasteiger partial charge on any atom is 0.169 e. The minimum atomic E-state index is 0.510. The molecule has 0 saturated heterocycles. The lowest BCUT2D eigenvalue weighted by atomic mass is 10.1. The van der Waals surface area contributed by atoms with Crippen LogP contribution in [-0.2, 0) is 5.88 Å². The van der Waals surface area contributed by atoms with Crippen molar-refractivity contribution in [2.24, 2.45) is 0 Å². The minimum absolute atomic E-state index is 0.510. The molecule has 0 unspecified atom stereocenters. The minimum Gasteiger partial charge on any atom is -0.493 e. The predicted molar refractivity (Wildman–Crippen MR) is 73.8 cm³/mol. The second kappa shape index (κ2) is 5.78. The first-order valence-electron chi connectivity index (χ1n) is 5.71. The lowest BCUT2D eigenvalue weighted by Gasteiger charge is -2.12. The third-order valence-corrected chi connectivity index (χ3v) is 2.99. The van der Waals surface area contributed by atoms with Crippen molar-refractivity contribution in [1.82, 2.24) is 0 Å². The molecule has 0 atom stereocenters. The Kier molecular flexibility index (Phi) is 4.11. The second-order valence-electron chi connectivity index (χ2n) is 3.99. The SMILES string of the molecule is COc1ccccc1Oc1ccc(CCl)cc1C. The lowest BCUT2D eigenvalue weighted by Crippen LogP contribution is -1.92. The van der Waals surface area contributed by atoms with Gasteiger partial charge in [-0.1, -0.05) is 24.3 Å². The summed E-state index contributed by atoms with van der Waals surface area (Å²) in [6, 6.07) is 13.5. The Balaban J connectivity index is 2.28. The quantitative estimate of drug-likeness (QED) is 0.754. The highest BCUT2D eigenvalue weighted by Gasteiger charge is 2.06. The van der Waals surface area contributed by atoms with Crippen molar-refractivity contribution in [2.45, 2.75) is 12.8 Å². The van der Waals surface area contributed by atoms with Crippen LogP contribution in [0.5, 0.6) is 17.2 Å². The zero-order valence-electron chi connectivity index (χ0n) is 10.4. The van der Waals surface area contributed by atoms with Crippen LogP contribution >= 0.6 is 11.6 Å². The van der Waals surface area contributed by atoms with Crippen LogP contribution in [0.25, 0.3) is 0 Å². The maximum atomic E-state index is 5.86. The number of hydrogen-bond acceptors (Lipinski definition) is 2. The average Bonchev–Trinajstić information content (AvgIpc) is 2.41. The van der Waals surface area contributed by atoms with Crippen LogP contribution < -0.4 is 9.47 Å². The van der Waals surface area contributed by atoms with Gasteiger partial charge < -0.3 is 9.47 Å². The van der Waals surface area contributed by atoms with Gasteiger partial charge in [0.1, 0.15) is 5.75 Å². The van der Waals surface area contributed by atoms with E-state index in [0.29, 0.717) is 11.6 Å². The summed E-state index contributed by atoms with van der Waals surface area (Å²) in [7, 11) is 1.63. The van der Waals surface area contributed by atoms with Gasteiger partial charge >= 0.3 is 0 Å². The molecule has 0 aliphatic heterocycles. The number of methoxy groups -OCH3 is 1. The number of ether oxygens (including phenoxy) is 2. The molecule has 0 spiro atoms. The van der Waals surface area contributed by atoms with E-state index in [9.17, 15) is 0 Å². The monoisotopic (exact) mass is 262 g/mol. The summed E-state index contributed by atoms with van der Waals surface area (Å²) in [5.74, 6) is 2.75. The number of aryl methyl sites for hydroxylation is 1. The first kappa shape index (κ1) is 12.8. The average molecular weight is 263 g/mol. The van der Waals surface area contributed by atoms with Gasteiger partial charge in [0.05, 0.1) is 7.11 Å². The van der Waals surface area contributed by atoms with Gasteiger partial charge in [0.2, 0.25) is 0 Å². The van der Waals surface area contributed by atoms with Crippen LogP contribution in [0, 0.1) is 6.92 Å². The van der Waals surface area contributed by atoms with Crippen LogP contribution in [0.4, 0.5) is 0 Å². The smallest absolute Gasteiger partial charge is 0.169 e. The molecule has 0 bridgehead atoms. The van der Waals surface area contributed by atoms with Crippen molar-refractivity contribution >= 4 is 11.6 Å². The fourth-order valence-electron chi connectivity index (χ4n) is 1.73. The van der Waals surface area contributed by atoms with Crippen LogP contribution in [0.3, 0.4) is 0 Å². The maximum absolute atomic E-state index is 5.86. The molecule has 94 valence electrons. The molecule has 0 saturated carbocycles. The topological polar surface area (TPSA) is 18.5 Å². The van der Waals surface area contributed by atoms with Crippen molar-refractivity contribution < 1.29 is 9.47 Å². The molecule has 0 aliphatic rings. The van der Waals surface area contributed by atoms with E-state index in [-0.39, 0.29) is 0 Å². The molecule has 2 nitrogen and oxygen atoms in total. The fourth-order valence-corrected chi connectivity index (χ4v) is 1.90. The summed E-state index contributed by atoms with van der Waals surface area (Å²) < 4.78 is 11.1. The highest BCUT2D eigenvalue weighted by Crippen LogP contribution is 2.32. The predicted octanol–water partition coefficient (Wildman–Crippen LogP) is 4.53. The van der Waals surface area contributed by atoms with Gasteiger partial charge in [0.15, 0.2) is 11.5 Å². The number of rotatable bonds is 4. The Labute approximate surface area is 112 Å². The second-order valence-corrected chi connectivity index (χ2v) is 4.25. The molecule has 18 heavy (non-hydrogen) atoms. The van der Waals surface area contributed by atoms with Crippen LogP contribution in [0.2, 0.25) is 0 Å². The zero-order valence-corrected chi connectivity index (χ0v) is 11.2. The van der Waals surface area contributed by atoms with E-state index in [0.717, 1.165) is 22.6 Å². The summed E-state index contributed by atoms with van der Waals surface area (Å²) >= 11 is 5.80. The third kappa shape index (κ3) is 2.77. The van der Waals surface area contributed by atoms with Gasteiger partial charge in [-0.2, -0.15) is 0 Å². The molecule has 0 aliphatic carbocycles. The Morgan fingerprint density at radius 2 is 1.72 bits per heavy atom. The van der Waals surface area contributed by atoms with Gasteiger partial charge in [-0.05, 0) is 36.2 Å². The molecule has 2 aromatic rings. The summed E-state index contributed by atoms with van der Waals surface area (Å²) in [6.45, 7) is 2.00. The molecule has 0 amide bonds.